The van der Waals surface area contributed by atoms with Gasteiger partial charge in [0.15, 0.2) is 0 Å². The highest BCUT2D eigenvalue weighted by molar-refractivity contribution is 8.00. The molecule has 1 amide bonds. The van der Waals surface area contributed by atoms with Crippen molar-refractivity contribution in [3.8, 4) is 0 Å². The molecule has 0 atom stereocenters. The van der Waals surface area contributed by atoms with Crippen LogP contribution < -0.4 is 10.9 Å². The van der Waals surface area contributed by atoms with Crippen LogP contribution in [0, 0.1) is 0 Å². The van der Waals surface area contributed by atoms with E-state index in [4.69, 9.17) is 0 Å². The Morgan fingerprint density at radius 1 is 1.43 bits per heavy atom. The minimum absolute atomic E-state index is 0.139. The summed E-state index contributed by atoms with van der Waals surface area (Å²) >= 11 is 2.44. The molecule has 0 bridgehead atoms. The Hall–Kier alpha value is -2.06. The predicted octanol–water partition coefficient (Wildman–Crippen LogP) is 1.95. The Labute approximate surface area is 128 Å². The van der Waals surface area contributed by atoms with E-state index in [1.165, 1.54) is 42.5 Å². The van der Waals surface area contributed by atoms with Gasteiger partial charge in [0.1, 0.15) is 4.88 Å². The fourth-order valence-electron chi connectivity index (χ4n) is 1.51. The second-order valence-electron chi connectivity index (χ2n) is 3.88. The number of hydrogen-bond donors (Lipinski definition) is 2. The number of hydrogen-bond acceptors (Lipinski definition) is 6. The number of amides is 1. The Balaban J connectivity index is 1.95. The molecule has 6 nitrogen and oxygen atoms in total. The van der Waals surface area contributed by atoms with E-state index in [1.54, 1.807) is 17.5 Å². The minimum atomic E-state index is -0.484. The molecule has 0 aliphatic carbocycles. The van der Waals surface area contributed by atoms with E-state index in [-0.39, 0.29) is 17.2 Å². The number of rotatable bonds is 5. The molecule has 0 radical (unpaired) electrons. The van der Waals surface area contributed by atoms with Crippen LogP contribution in [-0.4, -0.2) is 29.7 Å². The summed E-state index contributed by atoms with van der Waals surface area (Å²) < 4.78 is 4.64. The van der Waals surface area contributed by atoms with Gasteiger partial charge in [-0.1, -0.05) is 0 Å². The van der Waals surface area contributed by atoms with Crippen LogP contribution in [0.25, 0.3) is 0 Å². The molecule has 2 heterocycles. The number of anilines is 1. The molecule has 8 heteroatoms. The molecule has 2 N–H and O–H groups in total. The molecule has 0 aliphatic rings. The number of nitrogens with one attached hydrogen (secondary N) is 2. The van der Waals surface area contributed by atoms with Crippen LogP contribution >= 0.6 is 23.1 Å². The lowest BCUT2D eigenvalue weighted by molar-refractivity contribution is -0.113. The van der Waals surface area contributed by atoms with E-state index in [0.717, 1.165) is 0 Å². The first kappa shape index (κ1) is 15.3. The first-order valence-corrected chi connectivity index (χ1v) is 7.74. The van der Waals surface area contributed by atoms with Crippen molar-refractivity contribution >= 4 is 40.7 Å². The van der Waals surface area contributed by atoms with E-state index in [1.807, 2.05) is 0 Å². The monoisotopic (exact) mass is 324 g/mol. The highest BCUT2D eigenvalue weighted by atomic mass is 32.2. The molecule has 2 aromatic heterocycles. The molecule has 0 spiro atoms. The zero-order valence-electron chi connectivity index (χ0n) is 11.0. The van der Waals surface area contributed by atoms with Gasteiger partial charge in [-0.05, 0) is 17.5 Å². The van der Waals surface area contributed by atoms with E-state index in [9.17, 15) is 14.4 Å². The van der Waals surface area contributed by atoms with Gasteiger partial charge in [-0.2, -0.15) is 0 Å². The van der Waals surface area contributed by atoms with E-state index in [2.05, 4.69) is 15.0 Å². The largest absolute Gasteiger partial charge is 0.465 e. The molecule has 0 fully saturated rings. The number of thioether (sulfide) groups is 1. The van der Waals surface area contributed by atoms with Crippen LogP contribution in [0.2, 0.25) is 0 Å². The van der Waals surface area contributed by atoms with Gasteiger partial charge < -0.3 is 15.0 Å². The van der Waals surface area contributed by atoms with Crippen LogP contribution in [-0.2, 0) is 9.53 Å². The Morgan fingerprint density at radius 2 is 2.24 bits per heavy atom. The third-order valence-corrected chi connectivity index (χ3v) is 4.31. The van der Waals surface area contributed by atoms with Crippen LogP contribution in [0.1, 0.15) is 9.67 Å². The van der Waals surface area contributed by atoms with Gasteiger partial charge in [0.2, 0.25) is 11.5 Å². The number of methoxy groups -OCH3 is 1. The fourth-order valence-corrected chi connectivity index (χ4v) is 3.00. The van der Waals surface area contributed by atoms with Gasteiger partial charge in [0.05, 0.1) is 18.6 Å². The first-order valence-electron chi connectivity index (χ1n) is 5.87. The quantitative estimate of drug-likeness (QED) is 0.648. The molecule has 0 unspecified atom stereocenters. The van der Waals surface area contributed by atoms with Gasteiger partial charge in [-0.15, -0.1) is 23.1 Å². The van der Waals surface area contributed by atoms with Crippen LogP contribution in [0.3, 0.4) is 0 Å². The molecular weight excluding hydrogens is 312 g/mol. The number of carbonyl (C=O) groups excluding carboxylic acids is 2. The topological polar surface area (TPSA) is 88.3 Å². The summed E-state index contributed by atoms with van der Waals surface area (Å²) in [7, 11) is 1.29. The molecule has 2 rings (SSSR count). The number of pyridine rings is 1. The SMILES string of the molecule is COC(=O)c1sccc1NC(=O)CSc1cc[nH]c(=O)c1. The molecule has 110 valence electrons. The van der Waals surface area contributed by atoms with Crippen molar-refractivity contribution in [2.75, 3.05) is 18.2 Å². The van der Waals surface area contributed by atoms with Crippen LogP contribution in [0.15, 0.2) is 39.5 Å². The van der Waals surface area contributed by atoms with Crippen molar-refractivity contribution in [1.82, 2.24) is 4.98 Å². The lowest BCUT2D eigenvalue weighted by Gasteiger charge is -2.05. The van der Waals surface area contributed by atoms with Crippen molar-refractivity contribution in [3.63, 3.8) is 0 Å². The molecule has 0 aliphatic heterocycles. The van der Waals surface area contributed by atoms with Crippen molar-refractivity contribution in [3.05, 3.63) is 45.0 Å². The standard InChI is InChI=1S/C13H12N2O4S2/c1-19-13(18)12-9(3-5-20-12)15-11(17)7-21-8-2-4-14-10(16)6-8/h2-6H,7H2,1H3,(H,14,16)(H,15,17). The average Bonchev–Trinajstić information content (AvgIpc) is 2.92. The Bertz CT molecular complexity index is 708. The number of esters is 1. The molecular formula is C13H12N2O4S2. The highest BCUT2D eigenvalue weighted by Crippen LogP contribution is 2.23. The van der Waals surface area contributed by atoms with Crippen molar-refractivity contribution in [1.29, 1.82) is 0 Å². The predicted molar refractivity (Wildman–Crippen MR) is 82.1 cm³/mol. The zero-order valence-corrected chi connectivity index (χ0v) is 12.7. The summed E-state index contributed by atoms with van der Waals surface area (Å²) in [6.07, 6.45) is 1.52. The van der Waals surface area contributed by atoms with Crippen LogP contribution in [0.4, 0.5) is 5.69 Å². The number of thiophene rings is 1. The number of ether oxygens (including phenoxy) is 1. The maximum atomic E-state index is 11.9. The maximum Gasteiger partial charge on any atom is 0.350 e. The van der Waals surface area contributed by atoms with E-state index >= 15 is 0 Å². The average molecular weight is 324 g/mol. The lowest BCUT2D eigenvalue weighted by Crippen LogP contribution is -2.16. The number of carbonyl (C=O) groups is 2. The molecule has 0 saturated heterocycles. The number of aromatic amines is 1. The summed E-state index contributed by atoms with van der Waals surface area (Å²) in [5, 5.41) is 4.35. The zero-order chi connectivity index (χ0) is 15.2. The maximum absolute atomic E-state index is 11.9. The van der Waals surface area contributed by atoms with Crippen molar-refractivity contribution in [2.24, 2.45) is 0 Å². The van der Waals surface area contributed by atoms with Crippen LogP contribution in [0.5, 0.6) is 0 Å². The third kappa shape index (κ3) is 4.20. The normalized spacial score (nSPS) is 10.1. The van der Waals surface area contributed by atoms with Gasteiger partial charge >= 0.3 is 5.97 Å². The smallest absolute Gasteiger partial charge is 0.350 e. The lowest BCUT2D eigenvalue weighted by atomic mass is 10.4. The van der Waals surface area contributed by atoms with E-state index in [0.29, 0.717) is 15.5 Å². The van der Waals surface area contributed by atoms with Gasteiger partial charge in [0.25, 0.3) is 0 Å². The Kier molecular flexibility index (Phi) is 5.18. The minimum Gasteiger partial charge on any atom is -0.465 e. The summed E-state index contributed by atoms with van der Waals surface area (Å²) in [5.41, 5.74) is 0.217. The fraction of sp³-hybridized carbons (Fsp3) is 0.154. The third-order valence-electron chi connectivity index (χ3n) is 2.43. The first-order chi connectivity index (χ1) is 10.1. The van der Waals surface area contributed by atoms with Gasteiger partial charge in [-0.25, -0.2) is 4.79 Å². The molecule has 0 aromatic carbocycles. The number of H-pyrrole nitrogens is 1. The van der Waals surface area contributed by atoms with Crippen molar-refractivity contribution in [2.45, 2.75) is 4.90 Å². The van der Waals surface area contributed by atoms with Gasteiger partial charge in [-0.3, -0.25) is 9.59 Å². The number of aromatic nitrogens is 1. The van der Waals surface area contributed by atoms with E-state index < -0.39 is 5.97 Å². The molecule has 21 heavy (non-hydrogen) atoms. The second-order valence-corrected chi connectivity index (χ2v) is 5.85. The second kappa shape index (κ2) is 7.09. The Morgan fingerprint density at radius 3 is 2.95 bits per heavy atom. The van der Waals surface area contributed by atoms with Crippen molar-refractivity contribution < 1.29 is 14.3 Å². The summed E-state index contributed by atoms with van der Waals surface area (Å²) in [6.45, 7) is 0. The highest BCUT2D eigenvalue weighted by Gasteiger charge is 2.15. The summed E-state index contributed by atoms with van der Waals surface area (Å²) in [4.78, 5) is 38.0. The summed E-state index contributed by atoms with van der Waals surface area (Å²) in [5.74, 6) is -0.605. The molecule has 0 saturated carbocycles. The molecule has 2 aromatic rings. The summed E-state index contributed by atoms with van der Waals surface area (Å²) in [6, 6.07) is 4.78. The van der Waals surface area contributed by atoms with Gasteiger partial charge in [0, 0.05) is 17.2 Å².